The zero-order valence-electron chi connectivity index (χ0n) is 51.8. The van der Waals surface area contributed by atoms with Crippen molar-refractivity contribution in [2.45, 2.75) is 188 Å². The van der Waals surface area contributed by atoms with Crippen molar-refractivity contribution in [2.24, 2.45) is 29.6 Å². The maximum atomic E-state index is 14.9. The van der Waals surface area contributed by atoms with Crippen LogP contribution >= 0.6 is 0 Å². The Hall–Kier alpha value is -6.91. The van der Waals surface area contributed by atoms with Crippen LogP contribution in [0.25, 0.3) is 0 Å². The number of aliphatic hydroxyl groups excluding tert-OH is 1. The number of methoxy groups -OCH3 is 2. The maximum absolute atomic E-state index is 14.9. The van der Waals surface area contributed by atoms with Gasteiger partial charge in [-0.1, -0.05) is 116 Å². The van der Waals surface area contributed by atoms with E-state index in [2.05, 4.69) is 16.0 Å². The molecule has 2 fully saturated rings. The highest BCUT2D eigenvalue weighted by Crippen LogP contribution is 2.33. The van der Waals surface area contributed by atoms with Gasteiger partial charge in [0.15, 0.2) is 11.5 Å². The van der Waals surface area contributed by atoms with Gasteiger partial charge in [-0.25, -0.2) is 14.4 Å². The molecule has 0 radical (unpaired) electrons. The summed E-state index contributed by atoms with van der Waals surface area (Å²) < 4.78 is 23.5. The number of carbonyl (C=O) groups is 9. The first kappa shape index (κ1) is 68.9. The average molecular weight is 1190 g/mol. The number of imide groups is 1. The highest BCUT2D eigenvalue weighted by Gasteiger charge is 2.44. The van der Waals surface area contributed by atoms with Gasteiger partial charge in [0.05, 0.1) is 66.5 Å². The molecule has 1 unspecified atom stereocenters. The molecule has 0 bridgehead atoms. The molecule has 5 rings (SSSR count). The molecule has 0 saturated carbocycles. The molecule has 0 spiro atoms. The minimum Gasteiger partial charge on any atom is -0.445 e. The summed E-state index contributed by atoms with van der Waals surface area (Å²) in [5.41, 5.74) is 1.19. The predicted molar refractivity (Wildman–Crippen MR) is 317 cm³/mol. The van der Waals surface area contributed by atoms with Crippen LogP contribution in [0.3, 0.4) is 0 Å². The first-order valence-corrected chi connectivity index (χ1v) is 30.1. The van der Waals surface area contributed by atoms with E-state index >= 15 is 0 Å². The van der Waals surface area contributed by atoms with Crippen LogP contribution in [0.2, 0.25) is 0 Å². The molecule has 11 atom stereocenters. The molecule has 0 aromatic heterocycles. The van der Waals surface area contributed by atoms with Crippen LogP contribution in [0.15, 0.2) is 60.7 Å². The molecular formula is C63H93N7O15. The monoisotopic (exact) mass is 1190 g/mol. The molecule has 470 valence electrons. The Balaban J connectivity index is 1.25. The second kappa shape index (κ2) is 33.1. The molecular weight excluding hydrogens is 1090 g/mol. The fourth-order valence-electron chi connectivity index (χ4n) is 11.7. The number of ether oxygens (including phenoxy) is 4. The number of benzene rings is 2. The number of hydrogen-bond donors (Lipinski definition) is 4. The second-order valence-corrected chi connectivity index (χ2v) is 23.6. The molecule has 2 aromatic carbocycles. The van der Waals surface area contributed by atoms with Gasteiger partial charge in [-0.2, -0.15) is 0 Å². The maximum Gasteiger partial charge on any atom is 0.413 e. The lowest BCUT2D eigenvalue weighted by Crippen LogP contribution is -2.55. The SMILES string of the molecule is CC[C@H](C)[C@@H]([C@@H](CC(=O)N1CCC[C@H]1[C@H](OC)[C@@H](C)C(=O)N[C@H](C)[C@@H](O)c1ccccc1)OC)N(C)C(=O)[C@@H](CC(=O)[C@H](C(C)C)N(C)C(=O)OCc1ccc(OC(=O)NC2/C=C/CCCCC2)c(NCC(=O)ON2C(=O)CCC2=O)c1)C(C)C. The Morgan fingerprint density at radius 3 is 2.14 bits per heavy atom. The fraction of sp³-hybridized carbons (Fsp3) is 0.635. The molecule has 1 aliphatic carbocycles. The van der Waals surface area contributed by atoms with Crippen molar-refractivity contribution in [3.63, 3.8) is 0 Å². The van der Waals surface area contributed by atoms with Gasteiger partial charge in [0, 0.05) is 60.0 Å². The zero-order valence-corrected chi connectivity index (χ0v) is 51.8. The number of ketones is 1. The van der Waals surface area contributed by atoms with E-state index in [4.69, 9.17) is 23.8 Å². The van der Waals surface area contributed by atoms with Crippen LogP contribution in [-0.2, 0) is 59.2 Å². The molecule has 2 aromatic rings. The van der Waals surface area contributed by atoms with Crippen molar-refractivity contribution in [3.05, 3.63) is 71.8 Å². The van der Waals surface area contributed by atoms with Crippen LogP contribution in [-0.4, -0.2) is 162 Å². The second-order valence-electron chi connectivity index (χ2n) is 23.6. The van der Waals surface area contributed by atoms with E-state index in [1.54, 1.807) is 62.7 Å². The molecule has 2 heterocycles. The summed E-state index contributed by atoms with van der Waals surface area (Å²) in [6, 6.07) is 10.7. The Labute approximate surface area is 501 Å². The molecule has 85 heavy (non-hydrogen) atoms. The molecule has 2 saturated heterocycles. The van der Waals surface area contributed by atoms with E-state index in [-0.39, 0.29) is 85.1 Å². The topological polar surface area (TPSA) is 269 Å². The number of nitrogens with zero attached hydrogens (tertiary/aromatic N) is 4. The van der Waals surface area contributed by atoms with Crippen molar-refractivity contribution in [1.29, 1.82) is 0 Å². The van der Waals surface area contributed by atoms with Crippen LogP contribution in [0.5, 0.6) is 5.75 Å². The summed E-state index contributed by atoms with van der Waals surface area (Å²) in [6.45, 7) is 14.3. The third-order valence-corrected chi connectivity index (χ3v) is 16.7. The summed E-state index contributed by atoms with van der Waals surface area (Å²) in [7, 11) is 6.15. The lowest BCUT2D eigenvalue weighted by Gasteiger charge is -2.41. The lowest BCUT2D eigenvalue weighted by atomic mass is 9.83. The summed E-state index contributed by atoms with van der Waals surface area (Å²) in [6.07, 6.45) is 6.13. The lowest BCUT2D eigenvalue weighted by molar-refractivity contribution is -0.196. The van der Waals surface area contributed by atoms with Gasteiger partial charge in [-0.3, -0.25) is 28.8 Å². The van der Waals surface area contributed by atoms with Crippen molar-refractivity contribution < 1.29 is 72.0 Å². The van der Waals surface area contributed by atoms with Gasteiger partial charge < -0.3 is 59.5 Å². The largest absolute Gasteiger partial charge is 0.445 e. The predicted octanol–water partition coefficient (Wildman–Crippen LogP) is 7.67. The fourth-order valence-corrected chi connectivity index (χ4v) is 11.7. The average Bonchev–Trinajstić information content (AvgIpc) is 4.29. The zero-order chi connectivity index (χ0) is 62.7. The minimum absolute atomic E-state index is 0.0155. The van der Waals surface area contributed by atoms with Gasteiger partial charge in [-0.15, -0.1) is 5.06 Å². The Bertz CT molecular complexity index is 2620. The van der Waals surface area contributed by atoms with Crippen LogP contribution in [0.4, 0.5) is 15.3 Å². The van der Waals surface area contributed by atoms with Crippen molar-refractivity contribution in [1.82, 2.24) is 30.4 Å². The first-order chi connectivity index (χ1) is 40.4. The van der Waals surface area contributed by atoms with E-state index < -0.39 is 96.7 Å². The normalized spacial score (nSPS) is 19.9. The quantitative estimate of drug-likeness (QED) is 0.0450. The van der Waals surface area contributed by atoms with Crippen LogP contribution in [0, 0.1) is 29.6 Å². The number of nitrogens with one attached hydrogen (secondary N) is 3. The number of likely N-dealkylation sites (N-methyl/N-ethyl adjacent to an activating group) is 2. The van der Waals surface area contributed by atoms with Gasteiger partial charge >= 0.3 is 18.2 Å². The number of likely N-dealkylation sites (tertiary alicyclic amines) is 1. The number of carbonyl (C=O) groups excluding carboxylic acids is 9. The van der Waals surface area contributed by atoms with Gasteiger partial charge in [-0.05, 0) is 80.0 Å². The van der Waals surface area contributed by atoms with Gasteiger partial charge in [0.1, 0.15) is 13.2 Å². The Kier molecular flexibility index (Phi) is 26.8. The van der Waals surface area contributed by atoms with Crippen molar-refractivity contribution in [3.8, 4) is 5.75 Å². The molecule has 4 N–H and O–H groups in total. The molecule has 22 nitrogen and oxygen atoms in total. The highest BCUT2D eigenvalue weighted by molar-refractivity contribution is 6.01. The van der Waals surface area contributed by atoms with Crippen molar-refractivity contribution >= 4 is 59.2 Å². The molecule has 3 aliphatic rings. The van der Waals surface area contributed by atoms with Gasteiger partial charge in [0.2, 0.25) is 17.7 Å². The summed E-state index contributed by atoms with van der Waals surface area (Å²) >= 11 is 0. The van der Waals surface area contributed by atoms with E-state index in [1.165, 1.54) is 38.3 Å². The standard InChI is InChI=1S/C63H93N7O15/c1-13-40(6)57(51(81-11)35-54(74)69-32-22-27-48(69)59(82-12)41(7)60(77)65-42(8)58(76)44-23-18-17-19-24-44)67(9)61(78)46(38(2)3)34-49(71)56(39(4)5)68(10)63(80)83-37-43-28-29-50(84-62(79)66-45-25-20-15-14-16-21-26-45)47(33-43)64-36-55(75)85-70-52(72)30-31-53(70)73/h17-20,23-25,28-29,33,38-42,45-46,48,51,56-59,64,76H,13-16,21-22,26-27,30-32,34-37H2,1-12H3,(H,65,77)(H,66,79)/b25-20+/t40-,41+,42+,45?,46-,48-,51+,56-,57-,58+,59+/m0/s1. The number of Topliss-reactive ketones (excluding diaryl/α,β-unsaturated/α-hetero) is 1. The van der Waals surface area contributed by atoms with Crippen molar-refractivity contribution in [2.75, 3.05) is 46.7 Å². The summed E-state index contributed by atoms with van der Waals surface area (Å²) in [4.78, 5) is 131. The summed E-state index contributed by atoms with van der Waals surface area (Å²) in [5, 5.41) is 20.0. The number of rotatable bonds is 29. The van der Waals surface area contributed by atoms with E-state index in [1.807, 2.05) is 58.0 Å². The molecule has 7 amide bonds. The van der Waals surface area contributed by atoms with Gasteiger partial charge in [0.25, 0.3) is 11.8 Å². The smallest absolute Gasteiger partial charge is 0.413 e. The van der Waals surface area contributed by atoms with E-state index in [0.29, 0.717) is 42.0 Å². The summed E-state index contributed by atoms with van der Waals surface area (Å²) in [5.74, 6) is -5.87. The minimum atomic E-state index is -1.01. The number of amides is 7. The molecule has 22 heteroatoms. The van der Waals surface area contributed by atoms with Crippen LogP contribution in [0.1, 0.15) is 150 Å². The third kappa shape index (κ3) is 19.0. The van der Waals surface area contributed by atoms with Crippen LogP contribution < -0.4 is 20.7 Å². The van der Waals surface area contributed by atoms with E-state index in [0.717, 1.165) is 32.1 Å². The number of aliphatic hydroxyl groups is 1. The Morgan fingerprint density at radius 1 is 0.812 bits per heavy atom. The first-order valence-electron chi connectivity index (χ1n) is 30.1. The highest BCUT2D eigenvalue weighted by atomic mass is 16.7. The number of hydrogen-bond acceptors (Lipinski definition) is 16. The molecule has 2 aliphatic heterocycles. The van der Waals surface area contributed by atoms with E-state index in [9.17, 15) is 48.3 Å². The number of anilines is 1. The third-order valence-electron chi connectivity index (χ3n) is 16.7. The number of hydroxylamine groups is 2. The Morgan fingerprint density at radius 2 is 1.51 bits per heavy atom. The number of allylic oxidation sites excluding steroid dienone is 1.